The molecule has 0 radical (unpaired) electrons. The normalized spacial score (nSPS) is 25.5. The average molecular weight is 313 g/mol. The van der Waals surface area contributed by atoms with Crippen LogP contribution in [0.5, 0.6) is 0 Å². The Kier molecular flexibility index (Phi) is 3.14. The summed E-state index contributed by atoms with van der Waals surface area (Å²) in [6, 6.07) is 7.70. The van der Waals surface area contributed by atoms with Crippen molar-refractivity contribution in [2.24, 2.45) is 17.8 Å². The second-order valence-electron chi connectivity index (χ2n) is 6.26. The first-order valence-corrected chi connectivity index (χ1v) is 7.98. The maximum Gasteiger partial charge on any atom is 0.309 e. The smallest absolute Gasteiger partial charge is 0.309 e. The summed E-state index contributed by atoms with van der Waals surface area (Å²) in [5.74, 6) is 0.971. The van der Waals surface area contributed by atoms with Crippen LogP contribution < -0.4 is 10.5 Å². The van der Waals surface area contributed by atoms with Gasteiger partial charge in [0, 0.05) is 19.6 Å². The van der Waals surface area contributed by atoms with Crippen molar-refractivity contribution in [3.63, 3.8) is 0 Å². The van der Waals surface area contributed by atoms with Gasteiger partial charge in [-0.15, -0.1) is 0 Å². The maximum absolute atomic E-state index is 12.8. The Morgan fingerprint density at radius 2 is 2.00 bits per heavy atom. The van der Waals surface area contributed by atoms with Gasteiger partial charge in [0.15, 0.2) is 5.82 Å². The fraction of sp³-hybridized carbons (Fsp3) is 0.471. The number of piperidine rings is 1. The minimum Gasteiger partial charge on any atom is -0.469 e. The van der Waals surface area contributed by atoms with Crippen LogP contribution in [0.3, 0.4) is 0 Å². The van der Waals surface area contributed by atoms with E-state index in [4.69, 9.17) is 4.74 Å². The largest absolute Gasteiger partial charge is 0.469 e. The molecule has 0 bridgehead atoms. The van der Waals surface area contributed by atoms with Gasteiger partial charge >= 0.3 is 5.97 Å². The molecule has 6 nitrogen and oxygen atoms in total. The average Bonchev–Trinajstić information content (AvgIpc) is 3.07. The molecule has 1 aliphatic heterocycles. The number of benzene rings is 1. The Balaban J connectivity index is 1.68. The Bertz CT molecular complexity index is 833. The van der Waals surface area contributed by atoms with Crippen LogP contribution in [-0.2, 0) is 16.1 Å². The van der Waals surface area contributed by atoms with Crippen LogP contribution >= 0.6 is 0 Å². The summed E-state index contributed by atoms with van der Waals surface area (Å²) in [6.07, 6.45) is 0. The highest BCUT2D eigenvalue weighted by Gasteiger charge is 2.60. The number of anilines is 1. The number of hydrogen-bond acceptors (Lipinski definition) is 5. The SMILES string of the molecule is CCn1c(=O)c(N2C[C@@H]3C(C(=O)OC)[C@@H]3C2)nc2ccccc21. The van der Waals surface area contributed by atoms with Crippen LogP contribution in [0, 0.1) is 17.8 Å². The van der Waals surface area contributed by atoms with E-state index >= 15 is 0 Å². The van der Waals surface area contributed by atoms with E-state index in [9.17, 15) is 9.59 Å². The predicted octanol–water partition coefficient (Wildman–Crippen LogP) is 1.27. The van der Waals surface area contributed by atoms with Gasteiger partial charge in [-0.25, -0.2) is 4.98 Å². The number of rotatable bonds is 3. The molecule has 1 aromatic heterocycles. The molecule has 4 rings (SSSR count). The van der Waals surface area contributed by atoms with Crippen LogP contribution in [0.4, 0.5) is 5.82 Å². The van der Waals surface area contributed by atoms with Crippen LogP contribution in [0.1, 0.15) is 6.92 Å². The summed E-state index contributed by atoms with van der Waals surface area (Å²) in [4.78, 5) is 31.0. The highest BCUT2D eigenvalue weighted by atomic mass is 16.5. The molecule has 2 aromatic rings. The van der Waals surface area contributed by atoms with Gasteiger partial charge in [0.05, 0.1) is 24.1 Å². The second-order valence-corrected chi connectivity index (χ2v) is 6.26. The van der Waals surface area contributed by atoms with Crippen molar-refractivity contribution in [1.82, 2.24) is 9.55 Å². The number of nitrogens with zero attached hydrogens (tertiary/aromatic N) is 3. The van der Waals surface area contributed by atoms with Crippen LogP contribution in [-0.4, -0.2) is 35.7 Å². The van der Waals surface area contributed by atoms with E-state index < -0.39 is 0 Å². The topological polar surface area (TPSA) is 64.4 Å². The van der Waals surface area contributed by atoms with Crippen molar-refractivity contribution >= 4 is 22.8 Å². The fourth-order valence-electron chi connectivity index (χ4n) is 3.88. The Labute approximate surface area is 133 Å². The lowest BCUT2D eigenvalue weighted by Gasteiger charge is -2.21. The Hall–Kier alpha value is -2.37. The molecular weight excluding hydrogens is 294 g/mol. The van der Waals surface area contributed by atoms with Gasteiger partial charge in [0.1, 0.15) is 0 Å². The van der Waals surface area contributed by atoms with Crippen LogP contribution in [0.15, 0.2) is 29.1 Å². The summed E-state index contributed by atoms with van der Waals surface area (Å²) in [6.45, 7) is 3.98. The molecule has 0 amide bonds. The van der Waals surface area contributed by atoms with E-state index in [0.29, 0.717) is 37.3 Å². The lowest BCUT2D eigenvalue weighted by molar-refractivity contribution is -0.142. The molecule has 1 saturated carbocycles. The molecule has 1 aromatic carbocycles. The Morgan fingerprint density at radius 3 is 2.65 bits per heavy atom. The second kappa shape index (κ2) is 5.08. The molecule has 3 atom stereocenters. The molecule has 1 saturated heterocycles. The highest BCUT2D eigenvalue weighted by molar-refractivity contribution is 5.78. The molecule has 2 aliphatic rings. The van der Waals surface area contributed by atoms with Gasteiger partial charge in [0.25, 0.3) is 5.56 Å². The molecule has 0 N–H and O–H groups in total. The van der Waals surface area contributed by atoms with Crippen molar-refractivity contribution in [2.45, 2.75) is 13.5 Å². The summed E-state index contributed by atoms with van der Waals surface area (Å²) in [5, 5.41) is 0. The number of carbonyl (C=O) groups is 1. The summed E-state index contributed by atoms with van der Waals surface area (Å²) in [7, 11) is 1.43. The van der Waals surface area contributed by atoms with Gasteiger partial charge in [-0.1, -0.05) is 12.1 Å². The molecule has 1 unspecified atom stereocenters. The predicted molar refractivity (Wildman–Crippen MR) is 86.4 cm³/mol. The van der Waals surface area contributed by atoms with E-state index in [1.54, 1.807) is 4.57 Å². The van der Waals surface area contributed by atoms with Crippen molar-refractivity contribution in [3.8, 4) is 0 Å². The van der Waals surface area contributed by atoms with Gasteiger partial charge in [-0.05, 0) is 30.9 Å². The van der Waals surface area contributed by atoms with Crippen LogP contribution in [0.2, 0.25) is 0 Å². The highest BCUT2D eigenvalue weighted by Crippen LogP contribution is 2.52. The number of para-hydroxylation sites is 2. The van der Waals surface area contributed by atoms with Gasteiger partial charge in [-0.2, -0.15) is 0 Å². The van der Waals surface area contributed by atoms with Crippen LogP contribution in [0.25, 0.3) is 11.0 Å². The van der Waals surface area contributed by atoms with Gasteiger partial charge in [-0.3, -0.25) is 9.59 Å². The molecule has 2 fully saturated rings. The van der Waals surface area contributed by atoms with E-state index in [0.717, 1.165) is 11.0 Å². The van der Waals surface area contributed by atoms with Crippen molar-refractivity contribution < 1.29 is 9.53 Å². The maximum atomic E-state index is 12.8. The van der Waals surface area contributed by atoms with Crippen molar-refractivity contribution in [2.75, 3.05) is 25.1 Å². The molecule has 6 heteroatoms. The number of ether oxygens (including phenoxy) is 1. The third kappa shape index (κ3) is 2.04. The number of aryl methyl sites for hydroxylation is 1. The number of carbonyl (C=O) groups excluding carboxylic acids is 1. The first kappa shape index (κ1) is 14.2. The lowest BCUT2D eigenvalue weighted by Crippen LogP contribution is -2.34. The lowest BCUT2D eigenvalue weighted by atomic mass is 10.2. The summed E-state index contributed by atoms with van der Waals surface area (Å²) < 4.78 is 6.59. The van der Waals surface area contributed by atoms with E-state index in [1.807, 2.05) is 36.1 Å². The molecule has 120 valence electrons. The number of fused-ring (bicyclic) bond motifs is 2. The van der Waals surface area contributed by atoms with E-state index in [2.05, 4.69) is 4.98 Å². The summed E-state index contributed by atoms with van der Waals surface area (Å²) in [5.41, 5.74) is 1.64. The quantitative estimate of drug-likeness (QED) is 0.799. The number of methoxy groups -OCH3 is 1. The number of hydrogen-bond donors (Lipinski definition) is 0. The monoisotopic (exact) mass is 313 g/mol. The van der Waals surface area contributed by atoms with E-state index in [-0.39, 0.29) is 17.4 Å². The number of esters is 1. The third-order valence-corrected chi connectivity index (χ3v) is 5.12. The first-order valence-electron chi connectivity index (χ1n) is 7.98. The zero-order valence-corrected chi connectivity index (χ0v) is 13.2. The Morgan fingerprint density at radius 1 is 1.30 bits per heavy atom. The fourth-order valence-corrected chi connectivity index (χ4v) is 3.88. The number of aromatic nitrogens is 2. The molecule has 0 spiro atoms. The molecule has 2 heterocycles. The summed E-state index contributed by atoms with van der Waals surface area (Å²) >= 11 is 0. The molecule has 1 aliphatic carbocycles. The van der Waals surface area contributed by atoms with Crippen molar-refractivity contribution in [3.05, 3.63) is 34.6 Å². The minimum atomic E-state index is -0.128. The zero-order chi connectivity index (χ0) is 16.1. The van der Waals surface area contributed by atoms with Gasteiger partial charge < -0.3 is 14.2 Å². The van der Waals surface area contributed by atoms with Crippen molar-refractivity contribution in [1.29, 1.82) is 0 Å². The van der Waals surface area contributed by atoms with Gasteiger partial charge in [0.2, 0.25) is 0 Å². The standard InChI is InChI=1S/C17H19N3O3/c1-3-20-13-7-5-4-6-12(13)18-15(16(20)21)19-8-10-11(9-19)14(10)17(22)23-2/h4-7,10-11,14H,3,8-9H2,1-2H3/t10-,11+,14?. The zero-order valence-electron chi connectivity index (χ0n) is 13.2. The minimum absolute atomic E-state index is 0.00473. The molecule has 23 heavy (non-hydrogen) atoms. The van der Waals surface area contributed by atoms with E-state index in [1.165, 1.54) is 7.11 Å². The first-order chi connectivity index (χ1) is 11.2. The molecular formula is C17H19N3O3. The third-order valence-electron chi connectivity index (χ3n) is 5.12.